The second-order valence-electron chi connectivity index (χ2n) is 5.17. The van der Waals surface area contributed by atoms with E-state index < -0.39 is 18.2 Å². The Hall–Kier alpha value is -2.69. The molecule has 1 unspecified atom stereocenters. The number of halogens is 1. The summed E-state index contributed by atoms with van der Waals surface area (Å²) in [6, 6.07) is 15.4. The number of aliphatic imine (C=N–C) groups is 1. The first-order chi connectivity index (χ1) is 11.1. The average molecular weight is 315 g/mol. The molecule has 1 N–H and O–H groups in total. The largest absolute Gasteiger partial charge is 0.508 e. The Balaban J connectivity index is 2.33. The lowest BCUT2D eigenvalue weighted by molar-refractivity contribution is -0.147. The number of phenols is 1. The van der Waals surface area contributed by atoms with Crippen molar-refractivity contribution in [1.82, 2.24) is 0 Å². The third-order valence-electron chi connectivity index (χ3n) is 3.48. The summed E-state index contributed by atoms with van der Waals surface area (Å²) in [5.74, 6) is -0.634. The topological polar surface area (TPSA) is 58.9 Å². The molecule has 0 aliphatic heterocycles. The van der Waals surface area contributed by atoms with Crippen LogP contribution in [0.2, 0.25) is 0 Å². The van der Waals surface area contributed by atoms with Gasteiger partial charge in [-0.1, -0.05) is 42.5 Å². The van der Waals surface area contributed by atoms with E-state index in [1.165, 1.54) is 25.5 Å². The summed E-state index contributed by atoms with van der Waals surface area (Å²) in [6.07, 6.45) is 1.51. The van der Waals surface area contributed by atoms with Crippen molar-refractivity contribution in [3.05, 3.63) is 65.7 Å². The fourth-order valence-electron chi connectivity index (χ4n) is 2.19. The second kappa shape index (κ2) is 7.54. The van der Waals surface area contributed by atoms with E-state index in [1.54, 1.807) is 12.1 Å². The van der Waals surface area contributed by atoms with Crippen LogP contribution < -0.4 is 0 Å². The molecule has 23 heavy (non-hydrogen) atoms. The van der Waals surface area contributed by atoms with Crippen molar-refractivity contribution in [3.63, 3.8) is 0 Å². The van der Waals surface area contributed by atoms with Crippen molar-refractivity contribution in [2.24, 2.45) is 4.99 Å². The van der Waals surface area contributed by atoms with Crippen molar-refractivity contribution in [1.29, 1.82) is 0 Å². The molecule has 0 spiro atoms. The summed E-state index contributed by atoms with van der Waals surface area (Å²) in [5, 5.41) is 9.32. The van der Waals surface area contributed by atoms with Gasteiger partial charge in [-0.05, 0) is 23.3 Å². The normalized spacial score (nSPS) is 13.7. The van der Waals surface area contributed by atoms with Crippen LogP contribution in [0.15, 0.2) is 59.6 Å². The SMILES string of the molecule is COC(=O)C(CF)(Cc1ccc(O)cc1)N=Cc1ccccc1. The lowest BCUT2D eigenvalue weighted by Gasteiger charge is -2.24. The molecule has 0 aliphatic carbocycles. The number of hydrogen-bond donors (Lipinski definition) is 1. The number of carbonyl (C=O) groups is 1. The first-order valence-corrected chi connectivity index (χ1v) is 7.12. The summed E-state index contributed by atoms with van der Waals surface area (Å²) in [6.45, 7) is -0.982. The first kappa shape index (κ1) is 16.7. The molecule has 5 heteroatoms. The Bertz CT molecular complexity index is 670. The average Bonchev–Trinajstić information content (AvgIpc) is 2.60. The van der Waals surface area contributed by atoms with Crippen LogP contribution in [0.5, 0.6) is 5.75 Å². The lowest BCUT2D eigenvalue weighted by Crippen LogP contribution is -2.42. The summed E-state index contributed by atoms with van der Waals surface area (Å²) in [7, 11) is 1.21. The number of benzene rings is 2. The maximum Gasteiger partial charge on any atom is 0.336 e. The van der Waals surface area contributed by atoms with Gasteiger partial charge in [-0.3, -0.25) is 4.99 Å². The highest BCUT2D eigenvalue weighted by molar-refractivity contribution is 5.87. The molecule has 2 aromatic rings. The minimum Gasteiger partial charge on any atom is -0.508 e. The predicted molar refractivity (Wildman–Crippen MR) is 86.6 cm³/mol. The minimum atomic E-state index is -1.64. The lowest BCUT2D eigenvalue weighted by atomic mass is 9.92. The Morgan fingerprint density at radius 2 is 1.87 bits per heavy atom. The highest BCUT2D eigenvalue weighted by Gasteiger charge is 2.39. The highest BCUT2D eigenvalue weighted by atomic mass is 19.1. The van der Waals surface area contributed by atoms with Gasteiger partial charge in [0, 0.05) is 12.6 Å². The number of phenolic OH excluding ortho intramolecular Hbond substituents is 1. The molecule has 2 rings (SSSR count). The molecule has 0 radical (unpaired) electrons. The zero-order valence-corrected chi connectivity index (χ0v) is 12.8. The van der Waals surface area contributed by atoms with Crippen LogP contribution in [-0.2, 0) is 16.0 Å². The number of alkyl halides is 1. The third-order valence-corrected chi connectivity index (χ3v) is 3.48. The Labute approximate surface area is 134 Å². The number of carbonyl (C=O) groups excluding carboxylic acids is 1. The van der Waals surface area contributed by atoms with Gasteiger partial charge in [-0.25, -0.2) is 9.18 Å². The molecular weight excluding hydrogens is 297 g/mol. The quantitative estimate of drug-likeness (QED) is 0.658. The Morgan fingerprint density at radius 1 is 1.22 bits per heavy atom. The molecule has 0 bridgehead atoms. The number of esters is 1. The van der Waals surface area contributed by atoms with Crippen molar-refractivity contribution < 1.29 is 19.0 Å². The van der Waals surface area contributed by atoms with Gasteiger partial charge in [-0.2, -0.15) is 0 Å². The summed E-state index contributed by atoms with van der Waals surface area (Å²) in [5.41, 5.74) is -0.197. The van der Waals surface area contributed by atoms with Crippen molar-refractivity contribution in [3.8, 4) is 5.75 Å². The van der Waals surface area contributed by atoms with Crippen LogP contribution in [0.4, 0.5) is 4.39 Å². The zero-order chi connectivity index (χ0) is 16.7. The smallest absolute Gasteiger partial charge is 0.336 e. The maximum absolute atomic E-state index is 13.8. The summed E-state index contributed by atoms with van der Waals surface area (Å²) < 4.78 is 18.5. The van der Waals surface area contributed by atoms with Crippen LogP contribution in [0.3, 0.4) is 0 Å². The number of nitrogens with zero attached hydrogens (tertiary/aromatic N) is 1. The Morgan fingerprint density at radius 3 is 2.43 bits per heavy atom. The number of methoxy groups -OCH3 is 1. The molecule has 1 atom stereocenters. The van der Waals surface area contributed by atoms with E-state index >= 15 is 0 Å². The van der Waals surface area contributed by atoms with Crippen molar-refractivity contribution >= 4 is 12.2 Å². The predicted octanol–water partition coefficient (Wildman–Crippen LogP) is 2.94. The number of aromatic hydroxyl groups is 1. The van der Waals surface area contributed by atoms with Gasteiger partial charge >= 0.3 is 5.97 Å². The van der Waals surface area contributed by atoms with E-state index in [0.717, 1.165) is 5.56 Å². The molecule has 0 heterocycles. The molecule has 0 saturated carbocycles. The van der Waals surface area contributed by atoms with E-state index in [4.69, 9.17) is 4.74 Å². The summed E-state index contributed by atoms with van der Waals surface area (Å²) >= 11 is 0. The molecule has 2 aromatic carbocycles. The first-order valence-electron chi connectivity index (χ1n) is 7.12. The van der Waals surface area contributed by atoms with Crippen molar-refractivity contribution in [2.45, 2.75) is 12.0 Å². The van der Waals surface area contributed by atoms with E-state index in [1.807, 2.05) is 30.3 Å². The van der Waals surface area contributed by atoms with Gasteiger partial charge < -0.3 is 9.84 Å². The zero-order valence-electron chi connectivity index (χ0n) is 12.8. The van der Waals surface area contributed by atoms with Gasteiger partial charge in [-0.15, -0.1) is 0 Å². The molecule has 0 aliphatic rings. The molecule has 4 nitrogen and oxygen atoms in total. The van der Waals surface area contributed by atoms with Crippen LogP contribution in [0.25, 0.3) is 0 Å². The van der Waals surface area contributed by atoms with Crippen LogP contribution in [0.1, 0.15) is 11.1 Å². The molecular formula is C18H18FNO3. The standard InChI is InChI=1S/C18H18FNO3/c1-23-17(22)18(13-19,11-14-7-9-16(21)10-8-14)20-12-15-5-3-2-4-6-15/h2-10,12,21H,11,13H2,1H3. The van der Waals surface area contributed by atoms with E-state index in [9.17, 15) is 14.3 Å². The molecule has 0 amide bonds. The van der Waals surface area contributed by atoms with Gasteiger partial charge in [0.15, 0.2) is 5.54 Å². The Kier molecular flexibility index (Phi) is 5.46. The number of ether oxygens (including phenoxy) is 1. The molecule has 0 saturated heterocycles. The number of hydrogen-bond acceptors (Lipinski definition) is 4. The second-order valence-corrected chi connectivity index (χ2v) is 5.17. The van der Waals surface area contributed by atoms with E-state index in [2.05, 4.69) is 4.99 Å². The molecule has 120 valence electrons. The van der Waals surface area contributed by atoms with Gasteiger partial charge in [0.05, 0.1) is 7.11 Å². The van der Waals surface area contributed by atoms with E-state index in [-0.39, 0.29) is 12.2 Å². The fraction of sp³-hybridized carbons (Fsp3) is 0.222. The van der Waals surface area contributed by atoms with E-state index in [0.29, 0.717) is 5.56 Å². The molecule has 0 fully saturated rings. The fourth-order valence-corrected chi connectivity index (χ4v) is 2.19. The van der Waals surface area contributed by atoms with Crippen LogP contribution in [-0.4, -0.2) is 36.6 Å². The molecule has 0 aromatic heterocycles. The highest BCUT2D eigenvalue weighted by Crippen LogP contribution is 2.23. The monoisotopic (exact) mass is 315 g/mol. The third kappa shape index (κ3) is 4.16. The van der Waals surface area contributed by atoms with Crippen molar-refractivity contribution in [2.75, 3.05) is 13.8 Å². The van der Waals surface area contributed by atoms with Crippen LogP contribution >= 0.6 is 0 Å². The van der Waals surface area contributed by atoms with Crippen LogP contribution in [0, 0.1) is 0 Å². The maximum atomic E-state index is 13.8. The minimum absolute atomic E-state index is 0.0415. The van der Waals surface area contributed by atoms with Gasteiger partial charge in [0.1, 0.15) is 12.4 Å². The summed E-state index contributed by atoms with van der Waals surface area (Å²) in [4.78, 5) is 16.3. The number of rotatable bonds is 6. The van der Waals surface area contributed by atoms with Gasteiger partial charge in [0.2, 0.25) is 0 Å². The van der Waals surface area contributed by atoms with Gasteiger partial charge in [0.25, 0.3) is 0 Å².